The Morgan fingerprint density at radius 1 is 1.57 bits per heavy atom. The van der Waals surface area contributed by atoms with Crippen LogP contribution in [-0.4, -0.2) is 16.1 Å². The highest BCUT2D eigenvalue weighted by molar-refractivity contribution is 5.86. The first kappa shape index (κ1) is 8.50. The van der Waals surface area contributed by atoms with Gasteiger partial charge in [-0.15, -0.1) is 0 Å². The Labute approximate surface area is 79.5 Å². The van der Waals surface area contributed by atoms with Crippen molar-refractivity contribution >= 4 is 23.1 Å². The lowest BCUT2D eigenvalue weighted by Crippen LogP contribution is -1.84. The molecule has 0 fully saturated rings. The molecule has 2 aromatic heterocycles. The molecule has 14 heavy (non-hydrogen) atoms. The third-order valence-electron chi connectivity index (χ3n) is 1.70. The van der Waals surface area contributed by atoms with E-state index in [9.17, 15) is 4.79 Å². The predicted octanol–water partition coefficient (Wildman–Crippen LogP) is 1.93. The molecule has 0 unspecified atom stereocenters. The van der Waals surface area contributed by atoms with Crippen LogP contribution in [0.1, 0.15) is 5.76 Å². The summed E-state index contributed by atoms with van der Waals surface area (Å²) in [6.45, 7) is 0. The van der Waals surface area contributed by atoms with Gasteiger partial charge in [0.2, 0.25) is 0 Å². The topological polar surface area (TPSA) is 63.3 Å². The van der Waals surface area contributed by atoms with Crippen molar-refractivity contribution in [2.75, 3.05) is 0 Å². The number of fused-ring (bicyclic) bond motifs is 1. The minimum Gasteiger partial charge on any atom is -0.478 e. The summed E-state index contributed by atoms with van der Waals surface area (Å²) in [6, 6.07) is 5.23. The van der Waals surface area contributed by atoms with Gasteiger partial charge in [0, 0.05) is 18.3 Å². The van der Waals surface area contributed by atoms with Crippen molar-refractivity contribution < 1.29 is 14.3 Å². The van der Waals surface area contributed by atoms with Gasteiger partial charge in [-0.05, 0) is 18.2 Å². The van der Waals surface area contributed by atoms with Gasteiger partial charge in [0.05, 0.1) is 0 Å². The van der Waals surface area contributed by atoms with Gasteiger partial charge in [0.1, 0.15) is 11.3 Å². The second-order valence-corrected chi connectivity index (χ2v) is 2.71. The van der Waals surface area contributed by atoms with Crippen LogP contribution < -0.4 is 0 Å². The molecule has 0 aliphatic carbocycles. The average molecular weight is 189 g/mol. The van der Waals surface area contributed by atoms with Crippen LogP contribution in [0.4, 0.5) is 0 Å². The fourth-order valence-corrected chi connectivity index (χ4v) is 1.12. The van der Waals surface area contributed by atoms with E-state index in [0.717, 1.165) is 11.6 Å². The molecule has 0 saturated carbocycles. The summed E-state index contributed by atoms with van der Waals surface area (Å²) in [5.74, 6) is -0.514. The van der Waals surface area contributed by atoms with E-state index in [2.05, 4.69) is 4.98 Å². The number of hydrogen-bond acceptors (Lipinski definition) is 3. The second kappa shape index (κ2) is 3.33. The van der Waals surface area contributed by atoms with Gasteiger partial charge in [-0.1, -0.05) is 0 Å². The fourth-order valence-electron chi connectivity index (χ4n) is 1.12. The molecule has 4 nitrogen and oxygen atoms in total. The lowest BCUT2D eigenvalue weighted by atomic mass is 10.3. The van der Waals surface area contributed by atoms with Gasteiger partial charge in [0.15, 0.2) is 5.58 Å². The summed E-state index contributed by atoms with van der Waals surface area (Å²) >= 11 is 0. The molecule has 0 spiro atoms. The number of furan rings is 1. The van der Waals surface area contributed by atoms with Gasteiger partial charge in [-0.3, -0.25) is 4.98 Å². The van der Waals surface area contributed by atoms with Crippen LogP contribution in [0.15, 0.2) is 34.9 Å². The van der Waals surface area contributed by atoms with Crippen LogP contribution in [0.25, 0.3) is 17.2 Å². The third-order valence-corrected chi connectivity index (χ3v) is 1.70. The molecule has 0 saturated heterocycles. The van der Waals surface area contributed by atoms with Crippen molar-refractivity contribution in [2.45, 2.75) is 0 Å². The number of hydrogen-bond donors (Lipinski definition) is 1. The number of carboxylic acid groups (broad SMARTS) is 1. The minimum absolute atomic E-state index is 0.487. The highest BCUT2D eigenvalue weighted by Crippen LogP contribution is 2.17. The van der Waals surface area contributed by atoms with Crippen LogP contribution in [-0.2, 0) is 4.79 Å². The number of carbonyl (C=O) groups is 1. The van der Waals surface area contributed by atoms with Gasteiger partial charge in [-0.25, -0.2) is 4.79 Å². The summed E-state index contributed by atoms with van der Waals surface area (Å²) in [5.41, 5.74) is 1.37. The molecule has 0 bridgehead atoms. The lowest BCUT2D eigenvalue weighted by Gasteiger charge is -1.82. The van der Waals surface area contributed by atoms with Gasteiger partial charge < -0.3 is 9.52 Å². The standard InChI is InChI=1S/C10H7NO3/c12-10(13)4-3-7-6-8-9(14-7)2-1-5-11-8/h1-6H,(H,12,13)/b4-3+. The van der Waals surface area contributed by atoms with E-state index in [0.29, 0.717) is 11.3 Å². The molecule has 4 heteroatoms. The second-order valence-electron chi connectivity index (χ2n) is 2.71. The molecule has 1 N–H and O–H groups in total. The van der Waals surface area contributed by atoms with E-state index in [1.54, 1.807) is 24.4 Å². The first-order valence-electron chi connectivity index (χ1n) is 4.01. The van der Waals surface area contributed by atoms with Crippen molar-refractivity contribution in [1.82, 2.24) is 4.98 Å². The van der Waals surface area contributed by atoms with Crippen molar-refractivity contribution in [3.05, 3.63) is 36.2 Å². The van der Waals surface area contributed by atoms with Gasteiger partial charge >= 0.3 is 5.97 Å². The quantitative estimate of drug-likeness (QED) is 0.733. The normalized spacial score (nSPS) is 11.1. The number of aromatic nitrogens is 1. The largest absolute Gasteiger partial charge is 0.478 e. The van der Waals surface area contributed by atoms with E-state index in [1.807, 2.05) is 0 Å². The van der Waals surface area contributed by atoms with Crippen molar-refractivity contribution in [2.24, 2.45) is 0 Å². The SMILES string of the molecule is O=C(O)/C=C/c1cc2ncccc2o1. The Morgan fingerprint density at radius 3 is 3.14 bits per heavy atom. The molecular formula is C10H7NO3. The fraction of sp³-hybridized carbons (Fsp3) is 0. The average Bonchev–Trinajstić information content (AvgIpc) is 2.57. The lowest BCUT2D eigenvalue weighted by molar-refractivity contribution is -0.131. The molecule has 0 atom stereocenters. The molecule has 2 aromatic rings. The zero-order valence-electron chi connectivity index (χ0n) is 7.18. The van der Waals surface area contributed by atoms with Crippen LogP contribution in [0.5, 0.6) is 0 Å². The van der Waals surface area contributed by atoms with Gasteiger partial charge in [0.25, 0.3) is 0 Å². The smallest absolute Gasteiger partial charge is 0.328 e. The van der Waals surface area contributed by atoms with Crippen molar-refractivity contribution in [3.8, 4) is 0 Å². The van der Waals surface area contributed by atoms with Crippen LogP contribution in [0.3, 0.4) is 0 Å². The first-order chi connectivity index (χ1) is 6.75. The Morgan fingerprint density at radius 2 is 2.43 bits per heavy atom. The molecule has 0 aliphatic heterocycles. The number of carboxylic acids is 1. The number of pyridine rings is 1. The maximum atomic E-state index is 10.2. The molecule has 2 heterocycles. The van der Waals surface area contributed by atoms with Crippen molar-refractivity contribution in [1.29, 1.82) is 0 Å². The van der Waals surface area contributed by atoms with E-state index in [-0.39, 0.29) is 0 Å². The van der Waals surface area contributed by atoms with Crippen LogP contribution in [0, 0.1) is 0 Å². The molecule has 0 aromatic carbocycles. The van der Waals surface area contributed by atoms with E-state index in [1.165, 1.54) is 6.08 Å². The highest BCUT2D eigenvalue weighted by atomic mass is 16.4. The summed E-state index contributed by atoms with van der Waals surface area (Å²) in [4.78, 5) is 14.3. The summed E-state index contributed by atoms with van der Waals surface area (Å²) in [7, 11) is 0. The zero-order chi connectivity index (χ0) is 9.97. The number of aliphatic carboxylic acids is 1. The van der Waals surface area contributed by atoms with Crippen molar-refractivity contribution in [3.63, 3.8) is 0 Å². The summed E-state index contributed by atoms with van der Waals surface area (Å²) < 4.78 is 5.31. The predicted molar refractivity (Wildman–Crippen MR) is 50.7 cm³/mol. The van der Waals surface area contributed by atoms with Crippen LogP contribution in [0.2, 0.25) is 0 Å². The Kier molecular flexibility index (Phi) is 2.02. The van der Waals surface area contributed by atoms with E-state index < -0.39 is 5.97 Å². The molecule has 2 rings (SSSR count). The molecular weight excluding hydrogens is 182 g/mol. The molecule has 0 aliphatic rings. The number of rotatable bonds is 2. The van der Waals surface area contributed by atoms with E-state index in [4.69, 9.17) is 9.52 Å². The Hall–Kier alpha value is -2.10. The molecule has 0 radical (unpaired) electrons. The Balaban J connectivity index is 2.40. The maximum Gasteiger partial charge on any atom is 0.328 e. The minimum atomic E-state index is -1.00. The Bertz CT molecular complexity index is 466. The molecule has 0 amide bonds. The van der Waals surface area contributed by atoms with Gasteiger partial charge in [-0.2, -0.15) is 0 Å². The summed E-state index contributed by atoms with van der Waals surface area (Å²) in [5, 5.41) is 8.41. The highest BCUT2D eigenvalue weighted by Gasteiger charge is 2.00. The molecule has 70 valence electrons. The first-order valence-corrected chi connectivity index (χ1v) is 4.01. The number of nitrogens with zero attached hydrogens (tertiary/aromatic N) is 1. The monoisotopic (exact) mass is 189 g/mol. The third kappa shape index (κ3) is 1.64. The summed E-state index contributed by atoms with van der Waals surface area (Å²) in [6.07, 6.45) is 4.07. The van der Waals surface area contributed by atoms with E-state index >= 15 is 0 Å². The maximum absolute atomic E-state index is 10.2. The zero-order valence-corrected chi connectivity index (χ0v) is 7.18. The van der Waals surface area contributed by atoms with Crippen LogP contribution >= 0.6 is 0 Å².